The van der Waals surface area contributed by atoms with Crippen LogP contribution in [0.15, 0.2) is 24.3 Å². The average Bonchev–Trinajstić information content (AvgIpc) is 3.08. The summed E-state index contributed by atoms with van der Waals surface area (Å²) >= 11 is 1.54. The predicted octanol–water partition coefficient (Wildman–Crippen LogP) is 5.17. The van der Waals surface area contributed by atoms with E-state index in [1.54, 1.807) is 0 Å². The Kier molecular flexibility index (Phi) is 5.65. The molecule has 1 heterocycles. The number of ether oxygens (including phenoxy) is 1. The first-order valence-corrected chi connectivity index (χ1v) is 9.83. The number of hydrogen-bond donors (Lipinski definition) is 2. The smallest absolute Gasteiger partial charge is 0.306 e. The lowest BCUT2D eigenvalue weighted by molar-refractivity contribution is -0.143. The minimum Gasteiger partial charge on any atom is -0.507 e. The number of anilines is 2. The monoisotopic (exact) mass is 384 g/mol. The molecule has 3 rings (SSSR count). The third-order valence-electron chi connectivity index (χ3n) is 4.72. The number of phenolic OH excluding ortho intramolecular Hbond substituents is 1. The number of carbonyl (C=O) groups is 1. The number of nitrogens with zero attached hydrogens (tertiary/aromatic N) is 1. The molecule has 5 nitrogen and oxygen atoms in total. The molecule has 0 aliphatic carbocycles. The third kappa shape index (κ3) is 4.06. The highest BCUT2D eigenvalue weighted by atomic mass is 32.1. The lowest BCUT2D eigenvalue weighted by Crippen LogP contribution is -2.05. The van der Waals surface area contributed by atoms with Gasteiger partial charge in [0.1, 0.15) is 5.75 Å². The van der Waals surface area contributed by atoms with Crippen LogP contribution in [0.25, 0.3) is 10.2 Å². The van der Waals surface area contributed by atoms with Crippen molar-refractivity contribution in [1.82, 2.24) is 4.98 Å². The van der Waals surface area contributed by atoms with Gasteiger partial charge in [0.2, 0.25) is 0 Å². The van der Waals surface area contributed by atoms with E-state index in [4.69, 9.17) is 9.72 Å². The normalized spacial score (nSPS) is 11.0. The van der Waals surface area contributed by atoms with Gasteiger partial charge in [-0.2, -0.15) is 0 Å². The van der Waals surface area contributed by atoms with Crippen LogP contribution in [0.3, 0.4) is 0 Å². The Morgan fingerprint density at radius 1 is 1.15 bits per heavy atom. The van der Waals surface area contributed by atoms with E-state index in [2.05, 4.69) is 5.32 Å². The topological polar surface area (TPSA) is 71.5 Å². The Labute approximate surface area is 163 Å². The van der Waals surface area contributed by atoms with Crippen LogP contribution in [0.5, 0.6) is 5.75 Å². The maximum Gasteiger partial charge on any atom is 0.306 e. The van der Waals surface area contributed by atoms with E-state index < -0.39 is 0 Å². The number of fused-ring (bicyclic) bond motifs is 1. The zero-order valence-corrected chi connectivity index (χ0v) is 16.9. The Bertz CT molecular complexity index is 932. The number of hydrogen-bond acceptors (Lipinski definition) is 6. The molecule has 142 valence electrons. The molecule has 1 aromatic heterocycles. The van der Waals surface area contributed by atoms with Crippen LogP contribution in [-0.2, 0) is 16.0 Å². The molecule has 0 aliphatic rings. The summed E-state index contributed by atoms with van der Waals surface area (Å²) in [5.41, 5.74) is 5.71. The quantitative estimate of drug-likeness (QED) is 0.574. The van der Waals surface area contributed by atoms with E-state index in [1.165, 1.54) is 11.3 Å². The summed E-state index contributed by atoms with van der Waals surface area (Å²) in [6.45, 7) is 8.05. The minimum atomic E-state index is -0.168. The van der Waals surface area contributed by atoms with Crippen molar-refractivity contribution in [1.29, 1.82) is 0 Å². The standard InChI is InChI=1S/C21H24N2O3S/c1-5-26-17(24)11-8-15-6-9-16(10-7-15)22-21-23-18-12(2)13(3)19(25)14(4)20(18)27-21/h6-7,9-10,25H,5,8,11H2,1-4H3,(H,22,23). The Balaban J connectivity index is 1.75. The van der Waals surface area contributed by atoms with Gasteiger partial charge in [0.15, 0.2) is 5.13 Å². The third-order valence-corrected chi connectivity index (χ3v) is 5.81. The summed E-state index contributed by atoms with van der Waals surface area (Å²) in [5.74, 6) is 0.180. The highest BCUT2D eigenvalue weighted by Crippen LogP contribution is 2.39. The Morgan fingerprint density at radius 2 is 1.85 bits per heavy atom. The number of carbonyl (C=O) groups excluding carboxylic acids is 1. The van der Waals surface area contributed by atoms with Gasteiger partial charge in [-0.15, -0.1) is 0 Å². The van der Waals surface area contributed by atoms with Crippen molar-refractivity contribution in [3.63, 3.8) is 0 Å². The van der Waals surface area contributed by atoms with Crippen molar-refractivity contribution < 1.29 is 14.6 Å². The van der Waals surface area contributed by atoms with E-state index in [0.29, 0.717) is 25.2 Å². The van der Waals surface area contributed by atoms with Crippen LogP contribution in [0, 0.1) is 20.8 Å². The van der Waals surface area contributed by atoms with Crippen molar-refractivity contribution >= 4 is 38.3 Å². The lowest BCUT2D eigenvalue weighted by atomic mass is 10.0. The molecule has 0 spiro atoms. The van der Waals surface area contributed by atoms with Gasteiger partial charge in [0, 0.05) is 17.7 Å². The van der Waals surface area contributed by atoms with Gasteiger partial charge < -0.3 is 15.2 Å². The van der Waals surface area contributed by atoms with E-state index in [1.807, 2.05) is 52.0 Å². The molecular formula is C21H24N2O3S. The molecule has 0 amide bonds. The van der Waals surface area contributed by atoms with Gasteiger partial charge in [-0.05, 0) is 62.9 Å². The number of nitrogens with one attached hydrogen (secondary N) is 1. The highest BCUT2D eigenvalue weighted by Gasteiger charge is 2.15. The first kappa shape index (κ1) is 19.2. The minimum absolute atomic E-state index is 0.168. The van der Waals surface area contributed by atoms with Gasteiger partial charge in [-0.25, -0.2) is 4.98 Å². The fraction of sp³-hybridized carbons (Fsp3) is 0.333. The number of aryl methyl sites for hydroxylation is 3. The largest absolute Gasteiger partial charge is 0.507 e. The van der Waals surface area contributed by atoms with E-state index in [0.717, 1.165) is 43.3 Å². The molecular weight excluding hydrogens is 360 g/mol. The fourth-order valence-corrected chi connectivity index (χ4v) is 4.03. The zero-order chi connectivity index (χ0) is 19.6. The van der Waals surface area contributed by atoms with E-state index >= 15 is 0 Å². The summed E-state index contributed by atoms with van der Waals surface area (Å²) in [6.07, 6.45) is 1.05. The molecule has 0 aliphatic heterocycles. The molecule has 2 N–H and O–H groups in total. The summed E-state index contributed by atoms with van der Waals surface area (Å²) < 4.78 is 5.96. The molecule has 27 heavy (non-hydrogen) atoms. The first-order chi connectivity index (χ1) is 12.9. The molecule has 6 heteroatoms. The maximum absolute atomic E-state index is 11.5. The molecule has 0 atom stereocenters. The molecule has 0 unspecified atom stereocenters. The van der Waals surface area contributed by atoms with Gasteiger partial charge in [-0.3, -0.25) is 4.79 Å². The number of esters is 1. The van der Waals surface area contributed by atoms with Crippen LogP contribution in [0.4, 0.5) is 10.8 Å². The summed E-state index contributed by atoms with van der Waals surface area (Å²) in [4.78, 5) is 16.2. The molecule has 0 bridgehead atoms. The predicted molar refractivity (Wildman–Crippen MR) is 110 cm³/mol. The molecule has 0 saturated carbocycles. The van der Waals surface area contributed by atoms with Gasteiger partial charge in [0.25, 0.3) is 0 Å². The van der Waals surface area contributed by atoms with Crippen molar-refractivity contribution in [2.45, 2.75) is 40.5 Å². The molecule has 3 aromatic rings. The number of aromatic nitrogens is 1. The lowest BCUT2D eigenvalue weighted by Gasteiger charge is -2.07. The number of rotatable bonds is 6. The van der Waals surface area contributed by atoms with Crippen molar-refractivity contribution in [2.75, 3.05) is 11.9 Å². The molecule has 0 radical (unpaired) electrons. The number of benzene rings is 2. The molecule has 2 aromatic carbocycles. The van der Waals surface area contributed by atoms with Crippen LogP contribution < -0.4 is 5.32 Å². The SMILES string of the molecule is CCOC(=O)CCc1ccc(Nc2nc3c(C)c(C)c(O)c(C)c3s2)cc1. The Hall–Kier alpha value is -2.60. The first-order valence-electron chi connectivity index (χ1n) is 9.01. The fourth-order valence-electron chi connectivity index (χ4n) is 2.98. The van der Waals surface area contributed by atoms with Gasteiger partial charge in [-0.1, -0.05) is 23.5 Å². The van der Waals surface area contributed by atoms with Crippen LogP contribution in [0.2, 0.25) is 0 Å². The molecule has 0 saturated heterocycles. The van der Waals surface area contributed by atoms with Crippen LogP contribution in [-0.4, -0.2) is 22.7 Å². The number of aromatic hydroxyl groups is 1. The molecule has 0 fully saturated rings. The van der Waals surface area contributed by atoms with E-state index in [-0.39, 0.29) is 5.97 Å². The second-order valence-electron chi connectivity index (χ2n) is 6.55. The van der Waals surface area contributed by atoms with Gasteiger partial charge in [0.05, 0.1) is 16.8 Å². The van der Waals surface area contributed by atoms with E-state index in [9.17, 15) is 9.90 Å². The summed E-state index contributed by atoms with van der Waals surface area (Å²) in [5, 5.41) is 14.4. The van der Waals surface area contributed by atoms with Crippen molar-refractivity contribution in [3.8, 4) is 5.75 Å². The number of phenols is 1. The summed E-state index contributed by atoms with van der Waals surface area (Å²) in [7, 11) is 0. The number of thiazole rings is 1. The van der Waals surface area contributed by atoms with Crippen molar-refractivity contribution in [2.24, 2.45) is 0 Å². The summed E-state index contributed by atoms with van der Waals surface area (Å²) in [6, 6.07) is 7.96. The van der Waals surface area contributed by atoms with Crippen LogP contribution in [0.1, 0.15) is 35.6 Å². The van der Waals surface area contributed by atoms with Crippen LogP contribution >= 0.6 is 11.3 Å². The Morgan fingerprint density at radius 3 is 2.52 bits per heavy atom. The average molecular weight is 385 g/mol. The highest BCUT2D eigenvalue weighted by molar-refractivity contribution is 7.22. The zero-order valence-electron chi connectivity index (χ0n) is 16.0. The second kappa shape index (κ2) is 7.96. The van der Waals surface area contributed by atoms with Crippen molar-refractivity contribution in [3.05, 3.63) is 46.5 Å². The van der Waals surface area contributed by atoms with Gasteiger partial charge >= 0.3 is 5.97 Å². The maximum atomic E-state index is 11.5. The second-order valence-corrected chi connectivity index (χ2v) is 7.55.